The van der Waals surface area contributed by atoms with Gasteiger partial charge in [-0.2, -0.15) is 5.26 Å². The third-order valence-electron chi connectivity index (χ3n) is 8.34. The maximum Gasteiger partial charge on any atom is 0.0991 e. The van der Waals surface area contributed by atoms with Crippen LogP contribution in [0, 0.1) is 11.3 Å². The van der Waals surface area contributed by atoms with Crippen LogP contribution in [0.25, 0.3) is 75.2 Å². The molecule has 3 heterocycles. The van der Waals surface area contributed by atoms with Gasteiger partial charge in [0.05, 0.1) is 39.4 Å². The predicted octanol–water partition coefficient (Wildman–Crippen LogP) is 10.1. The molecule has 6 aromatic carbocycles. The maximum absolute atomic E-state index is 9.60. The Morgan fingerprint density at radius 2 is 1.12 bits per heavy atom. The third kappa shape index (κ3) is 3.07. The summed E-state index contributed by atoms with van der Waals surface area (Å²) in [6.45, 7) is 0. The fourth-order valence-electron chi connectivity index (χ4n) is 6.62. The van der Waals surface area contributed by atoms with Gasteiger partial charge >= 0.3 is 0 Å². The van der Waals surface area contributed by atoms with E-state index in [9.17, 15) is 5.26 Å². The summed E-state index contributed by atoms with van der Waals surface area (Å²) in [5.74, 6) is 0. The summed E-state index contributed by atoms with van der Waals surface area (Å²) >= 11 is 1.84. The molecule has 0 unspecified atom stereocenters. The Hall–Kier alpha value is -5.37. The monoisotopic (exact) mass is 539 g/mol. The molecule has 3 aromatic heterocycles. The first kappa shape index (κ1) is 22.4. The molecular formula is C37H21N3S. The largest absolute Gasteiger partial charge is 0.309 e. The summed E-state index contributed by atoms with van der Waals surface area (Å²) in [6.07, 6.45) is 0. The van der Waals surface area contributed by atoms with E-state index < -0.39 is 0 Å². The summed E-state index contributed by atoms with van der Waals surface area (Å²) < 4.78 is 7.29. The van der Waals surface area contributed by atoms with E-state index in [2.05, 4.69) is 130 Å². The topological polar surface area (TPSA) is 33.6 Å². The van der Waals surface area contributed by atoms with Crippen LogP contribution >= 0.6 is 11.3 Å². The first-order valence-electron chi connectivity index (χ1n) is 13.7. The highest BCUT2D eigenvalue weighted by molar-refractivity contribution is 7.25. The van der Waals surface area contributed by atoms with Crippen LogP contribution in [0.4, 0.5) is 0 Å². The van der Waals surface area contributed by atoms with Crippen LogP contribution in [0.2, 0.25) is 0 Å². The predicted molar refractivity (Wildman–Crippen MR) is 173 cm³/mol. The van der Waals surface area contributed by atoms with E-state index in [1.807, 2.05) is 23.5 Å². The van der Waals surface area contributed by atoms with E-state index in [1.165, 1.54) is 42.0 Å². The zero-order valence-electron chi connectivity index (χ0n) is 21.9. The second-order valence-corrected chi connectivity index (χ2v) is 11.6. The molecule has 0 radical (unpaired) electrons. The van der Waals surface area contributed by atoms with Gasteiger partial charge < -0.3 is 9.13 Å². The SMILES string of the molecule is N#Cc1ccc2c(c1)c1ccccc1n2-c1cccc2sc3ccc(-n4c5ccccc5c5ccccc54)cc3c12. The van der Waals surface area contributed by atoms with Crippen molar-refractivity contribution in [2.45, 2.75) is 0 Å². The maximum atomic E-state index is 9.60. The Labute approximate surface area is 239 Å². The number of rotatable bonds is 2. The number of nitrogens with zero attached hydrogens (tertiary/aromatic N) is 3. The van der Waals surface area contributed by atoms with Gasteiger partial charge in [0.25, 0.3) is 0 Å². The Balaban J connectivity index is 1.39. The fraction of sp³-hybridized carbons (Fsp3) is 0. The van der Waals surface area contributed by atoms with Crippen molar-refractivity contribution in [1.29, 1.82) is 5.26 Å². The number of benzene rings is 6. The van der Waals surface area contributed by atoms with Crippen LogP contribution in [-0.4, -0.2) is 9.13 Å². The molecule has 0 aliphatic heterocycles. The normalized spacial score (nSPS) is 11.9. The molecule has 9 rings (SSSR count). The van der Waals surface area contributed by atoms with Gasteiger partial charge in [-0.3, -0.25) is 0 Å². The number of thiophene rings is 1. The van der Waals surface area contributed by atoms with Crippen molar-refractivity contribution in [3.8, 4) is 17.4 Å². The molecule has 9 aromatic rings. The smallest absolute Gasteiger partial charge is 0.0991 e. The summed E-state index contributed by atoms with van der Waals surface area (Å²) in [6, 6.07) is 47.7. The van der Waals surface area contributed by atoms with Crippen molar-refractivity contribution in [1.82, 2.24) is 9.13 Å². The third-order valence-corrected chi connectivity index (χ3v) is 9.47. The van der Waals surface area contributed by atoms with Crippen LogP contribution < -0.4 is 0 Å². The van der Waals surface area contributed by atoms with Gasteiger partial charge in [-0.1, -0.05) is 60.7 Å². The van der Waals surface area contributed by atoms with E-state index >= 15 is 0 Å². The molecule has 0 saturated heterocycles. The van der Waals surface area contributed by atoms with Gasteiger partial charge in [-0.25, -0.2) is 0 Å². The lowest BCUT2D eigenvalue weighted by molar-refractivity contribution is 1.19. The number of hydrogen-bond acceptors (Lipinski definition) is 2. The number of nitriles is 1. The molecule has 190 valence electrons. The number of hydrogen-bond donors (Lipinski definition) is 0. The number of para-hydroxylation sites is 3. The number of fused-ring (bicyclic) bond motifs is 9. The fourth-order valence-corrected chi connectivity index (χ4v) is 7.73. The molecule has 0 bridgehead atoms. The lowest BCUT2D eigenvalue weighted by Crippen LogP contribution is -1.95. The first-order valence-corrected chi connectivity index (χ1v) is 14.5. The van der Waals surface area contributed by atoms with Crippen molar-refractivity contribution in [3.05, 3.63) is 133 Å². The van der Waals surface area contributed by atoms with E-state index in [1.54, 1.807) is 0 Å². The lowest BCUT2D eigenvalue weighted by Gasteiger charge is -2.11. The molecule has 4 heteroatoms. The quantitative estimate of drug-likeness (QED) is 0.215. The van der Waals surface area contributed by atoms with Crippen LogP contribution in [0.1, 0.15) is 5.56 Å². The van der Waals surface area contributed by atoms with Crippen molar-refractivity contribution in [3.63, 3.8) is 0 Å². The lowest BCUT2D eigenvalue weighted by atomic mass is 10.1. The van der Waals surface area contributed by atoms with E-state index in [-0.39, 0.29) is 0 Å². The molecule has 0 aliphatic carbocycles. The molecular weight excluding hydrogens is 518 g/mol. The summed E-state index contributed by atoms with van der Waals surface area (Å²) in [5.41, 5.74) is 7.66. The zero-order chi connectivity index (χ0) is 27.1. The summed E-state index contributed by atoms with van der Waals surface area (Å²) in [5, 5.41) is 16.9. The molecule has 0 saturated carbocycles. The number of aromatic nitrogens is 2. The van der Waals surface area contributed by atoms with Crippen LogP contribution in [-0.2, 0) is 0 Å². The standard InChI is InChI=1S/C37H21N3S/c38-22-23-16-18-33-28(20-23)27-10-3-6-13-32(27)40(33)34-14-7-15-36-37(34)29-21-24(17-19-35(29)41-36)39-30-11-4-1-8-25(30)26-9-2-5-12-31(26)39/h1-21H. The van der Waals surface area contributed by atoms with Gasteiger partial charge in [0.2, 0.25) is 0 Å². The van der Waals surface area contributed by atoms with E-state index in [4.69, 9.17) is 0 Å². The van der Waals surface area contributed by atoms with Gasteiger partial charge in [0.1, 0.15) is 0 Å². The second kappa shape index (κ2) is 8.32. The first-order chi connectivity index (χ1) is 20.3. The minimum atomic E-state index is 0.676. The molecule has 0 spiro atoms. The van der Waals surface area contributed by atoms with Crippen LogP contribution in [0.5, 0.6) is 0 Å². The Morgan fingerprint density at radius 1 is 0.488 bits per heavy atom. The van der Waals surface area contributed by atoms with Gasteiger partial charge in [-0.05, 0) is 66.7 Å². The molecule has 0 atom stereocenters. The molecule has 0 fully saturated rings. The highest BCUT2D eigenvalue weighted by Gasteiger charge is 2.18. The van der Waals surface area contributed by atoms with Gasteiger partial charge in [-0.15, -0.1) is 11.3 Å². The average molecular weight is 540 g/mol. The van der Waals surface area contributed by atoms with Crippen LogP contribution in [0.3, 0.4) is 0 Å². The Morgan fingerprint density at radius 3 is 1.83 bits per heavy atom. The van der Waals surface area contributed by atoms with Crippen molar-refractivity contribution in [2.24, 2.45) is 0 Å². The highest BCUT2D eigenvalue weighted by Crippen LogP contribution is 2.42. The van der Waals surface area contributed by atoms with Gasteiger partial charge in [0.15, 0.2) is 0 Å². The molecule has 0 N–H and O–H groups in total. The van der Waals surface area contributed by atoms with Crippen molar-refractivity contribution < 1.29 is 0 Å². The Kier molecular flexibility index (Phi) is 4.55. The van der Waals surface area contributed by atoms with Crippen molar-refractivity contribution >= 4 is 75.1 Å². The molecule has 41 heavy (non-hydrogen) atoms. The van der Waals surface area contributed by atoms with E-state index in [0.717, 1.165) is 33.2 Å². The molecule has 0 amide bonds. The zero-order valence-corrected chi connectivity index (χ0v) is 22.7. The molecule has 0 aliphatic rings. The van der Waals surface area contributed by atoms with Gasteiger partial charge in [0, 0.05) is 47.4 Å². The summed E-state index contributed by atoms with van der Waals surface area (Å²) in [4.78, 5) is 0. The molecule has 3 nitrogen and oxygen atoms in total. The van der Waals surface area contributed by atoms with E-state index in [0.29, 0.717) is 5.56 Å². The Bertz CT molecular complexity index is 2500. The second-order valence-electron chi connectivity index (χ2n) is 10.5. The summed E-state index contributed by atoms with van der Waals surface area (Å²) in [7, 11) is 0. The highest BCUT2D eigenvalue weighted by atomic mass is 32.1. The minimum absolute atomic E-state index is 0.676. The van der Waals surface area contributed by atoms with Crippen molar-refractivity contribution in [2.75, 3.05) is 0 Å². The average Bonchev–Trinajstić information content (AvgIpc) is 3.68. The minimum Gasteiger partial charge on any atom is -0.309 e. The van der Waals surface area contributed by atoms with Crippen LogP contribution in [0.15, 0.2) is 127 Å².